The molecule has 3 aromatic heterocycles. The first-order chi connectivity index (χ1) is 13.5. The topological polar surface area (TPSA) is 78.0 Å². The zero-order valence-corrected chi connectivity index (χ0v) is 16.9. The number of oxazole rings is 1. The number of hydrogen-bond acceptors (Lipinski definition) is 6. The molecule has 0 radical (unpaired) electrons. The third-order valence-electron chi connectivity index (χ3n) is 4.33. The Bertz CT molecular complexity index is 1160. The Hall–Kier alpha value is -2.71. The molecule has 6 nitrogen and oxygen atoms in total. The molecule has 0 aliphatic carbocycles. The minimum Gasteiger partial charge on any atom is -0.440 e. The van der Waals surface area contributed by atoms with Crippen LogP contribution in [0.1, 0.15) is 22.8 Å². The van der Waals surface area contributed by atoms with E-state index in [9.17, 15) is 8.42 Å². The number of rotatable bonds is 7. The van der Waals surface area contributed by atoms with E-state index in [0.717, 1.165) is 10.4 Å². The van der Waals surface area contributed by atoms with Crippen LogP contribution in [0.15, 0.2) is 64.7 Å². The van der Waals surface area contributed by atoms with Crippen LogP contribution in [0.2, 0.25) is 0 Å². The second kappa shape index (κ2) is 7.73. The Balaban J connectivity index is 1.51. The van der Waals surface area contributed by atoms with Crippen LogP contribution in [0.5, 0.6) is 0 Å². The predicted octanol–water partition coefficient (Wildman–Crippen LogP) is 4.07. The molecule has 0 aliphatic heterocycles. The third kappa shape index (κ3) is 4.23. The maximum absolute atomic E-state index is 12.8. The number of nitrogens with zero attached hydrogens (tertiary/aromatic N) is 3. The maximum atomic E-state index is 12.8. The lowest BCUT2D eigenvalue weighted by Crippen LogP contribution is -2.13. The summed E-state index contributed by atoms with van der Waals surface area (Å²) in [7, 11) is -3.45. The summed E-state index contributed by atoms with van der Waals surface area (Å²) in [5.74, 6) is 1.19. The Labute approximate surface area is 167 Å². The van der Waals surface area contributed by atoms with E-state index in [1.165, 1.54) is 11.3 Å². The van der Waals surface area contributed by atoms with Gasteiger partial charge in [-0.3, -0.25) is 0 Å². The summed E-state index contributed by atoms with van der Waals surface area (Å²) < 4.78 is 33.1. The van der Waals surface area contributed by atoms with Gasteiger partial charge in [-0.2, -0.15) is 0 Å². The second-order valence-corrected chi connectivity index (χ2v) is 9.50. The molecule has 4 aromatic rings. The van der Waals surface area contributed by atoms with E-state index in [4.69, 9.17) is 4.42 Å². The van der Waals surface area contributed by atoms with Crippen molar-refractivity contribution in [3.05, 3.63) is 83.1 Å². The van der Waals surface area contributed by atoms with Crippen molar-refractivity contribution in [2.75, 3.05) is 0 Å². The number of imidazole rings is 1. The van der Waals surface area contributed by atoms with Gasteiger partial charge in [0.1, 0.15) is 17.3 Å². The standard InChI is InChI=1S/C20H19N3O3S2/c1-15-17(22-20(26-15)18-8-5-11-27-18)13-28(24,25)14-19-21-9-10-23(19)12-16-6-3-2-4-7-16/h2-11H,12-14H2,1H3. The third-order valence-corrected chi connectivity index (χ3v) is 6.60. The molecule has 0 N–H and O–H groups in total. The number of benzene rings is 1. The first kappa shape index (κ1) is 18.6. The molecule has 0 spiro atoms. The van der Waals surface area contributed by atoms with Gasteiger partial charge in [-0.1, -0.05) is 36.4 Å². The van der Waals surface area contributed by atoms with E-state index in [-0.39, 0.29) is 11.5 Å². The number of sulfone groups is 1. The van der Waals surface area contributed by atoms with Crippen molar-refractivity contribution in [3.63, 3.8) is 0 Å². The van der Waals surface area contributed by atoms with Crippen LogP contribution in [0.25, 0.3) is 10.8 Å². The molecule has 0 bridgehead atoms. The van der Waals surface area contributed by atoms with Gasteiger partial charge < -0.3 is 8.98 Å². The summed E-state index contributed by atoms with van der Waals surface area (Å²) in [5.41, 5.74) is 1.54. The zero-order chi connectivity index (χ0) is 19.6. The first-order valence-electron chi connectivity index (χ1n) is 8.75. The fourth-order valence-electron chi connectivity index (χ4n) is 2.93. The highest BCUT2D eigenvalue weighted by atomic mass is 32.2. The van der Waals surface area contributed by atoms with Gasteiger partial charge in [-0.05, 0) is 23.9 Å². The van der Waals surface area contributed by atoms with Crippen molar-refractivity contribution in [2.24, 2.45) is 0 Å². The van der Waals surface area contributed by atoms with E-state index in [0.29, 0.717) is 29.7 Å². The molecule has 8 heteroatoms. The lowest BCUT2D eigenvalue weighted by atomic mass is 10.2. The molecule has 3 heterocycles. The summed E-state index contributed by atoms with van der Waals surface area (Å²) in [5, 5.41) is 1.93. The van der Waals surface area contributed by atoms with Crippen molar-refractivity contribution >= 4 is 21.2 Å². The van der Waals surface area contributed by atoms with Gasteiger partial charge in [0.15, 0.2) is 9.84 Å². The fraction of sp³-hybridized carbons (Fsp3) is 0.200. The van der Waals surface area contributed by atoms with Gasteiger partial charge in [0.05, 0.1) is 16.3 Å². The van der Waals surface area contributed by atoms with Crippen LogP contribution in [-0.4, -0.2) is 23.0 Å². The van der Waals surface area contributed by atoms with E-state index in [2.05, 4.69) is 9.97 Å². The van der Waals surface area contributed by atoms with E-state index in [1.54, 1.807) is 19.3 Å². The molecule has 0 saturated heterocycles. The molecule has 144 valence electrons. The predicted molar refractivity (Wildman–Crippen MR) is 109 cm³/mol. The molecule has 0 amide bonds. The van der Waals surface area contributed by atoms with E-state index in [1.807, 2.05) is 52.4 Å². The SMILES string of the molecule is Cc1oc(-c2cccs2)nc1CS(=O)(=O)Cc1nccn1Cc1ccccc1. The average Bonchev–Trinajstić information content (AvgIpc) is 3.39. The number of aromatic nitrogens is 3. The zero-order valence-electron chi connectivity index (χ0n) is 15.3. The average molecular weight is 414 g/mol. The van der Waals surface area contributed by atoms with Gasteiger partial charge in [-0.15, -0.1) is 11.3 Å². The minimum atomic E-state index is -3.45. The summed E-state index contributed by atoms with van der Waals surface area (Å²) in [6.45, 7) is 2.32. The maximum Gasteiger partial charge on any atom is 0.236 e. The Morgan fingerprint density at radius 3 is 2.68 bits per heavy atom. The highest BCUT2D eigenvalue weighted by molar-refractivity contribution is 7.89. The molecule has 28 heavy (non-hydrogen) atoms. The Morgan fingerprint density at radius 2 is 1.93 bits per heavy atom. The van der Waals surface area contributed by atoms with Crippen LogP contribution in [0, 0.1) is 6.92 Å². The van der Waals surface area contributed by atoms with Gasteiger partial charge in [0.2, 0.25) is 5.89 Å². The monoisotopic (exact) mass is 413 g/mol. The van der Waals surface area contributed by atoms with Crippen molar-refractivity contribution in [3.8, 4) is 10.8 Å². The fourth-order valence-corrected chi connectivity index (χ4v) is 5.00. The summed E-state index contributed by atoms with van der Waals surface area (Å²) in [6, 6.07) is 13.7. The normalized spacial score (nSPS) is 11.8. The molecule has 0 aliphatic rings. The van der Waals surface area contributed by atoms with Crippen LogP contribution < -0.4 is 0 Å². The number of aryl methyl sites for hydroxylation is 1. The van der Waals surface area contributed by atoms with E-state index < -0.39 is 9.84 Å². The van der Waals surface area contributed by atoms with Gasteiger partial charge in [0.25, 0.3) is 0 Å². The lowest BCUT2D eigenvalue weighted by molar-refractivity contribution is 0.540. The molecule has 0 atom stereocenters. The van der Waals surface area contributed by atoms with E-state index >= 15 is 0 Å². The highest BCUT2D eigenvalue weighted by Gasteiger charge is 2.22. The molecule has 4 rings (SSSR count). The van der Waals surface area contributed by atoms with Crippen LogP contribution >= 0.6 is 11.3 Å². The van der Waals surface area contributed by atoms with Crippen molar-refractivity contribution < 1.29 is 12.8 Å². The van der Waals surface area contributed by atoms with Gasteiger partial charge >= 0.3 is 0 Å². The van der Waals surface area contributed by atoms with Crippen LogP contribution in [-0.2, 0) is 27.9 Å². The number of hydrogen-bond donors (Lipinski definition) is 0. The van der Waals surface area contributed by atoms with Crippen molar-refractivity contribution in [2.45, 2.75) is 25.0 Å². The van der Waals surface area contributed by atoms with Crippen LogP contribution in [0.4, 0.5) is 0 Å². The largest absolute Gasteiger partial charge is 0.440 e. The smallest absolute Gasteiger partial charge is 0.236 e. The summed E-state index contributed by atoms with van der Waals surface area (Å²) in [4.78, 5) is 9.52. The quantitative estimate of drug-likeness (QED) is 0.456. The first-order valence-corrected chi connectivity index (χ1v) is 11.4. The van der Waals surface area contributed by atoms with Gasteiger partial charge in [0, 0.05) is 18.9 Å². The Morgan fingerprint density at radius 1 is 1.11 bits per heavy atom. The second-order valence-electron chi connectivity index (χ2n) is 6.49. The summed E-state index contributed by atoms with van der Waals surface area (Å²) >= 11 is 1.50. The van der Waals surface area contributed by atoms with Crippen LogP contribution in [0.3, 0.4) is 0 Å². The van der Waals surface area contributed by atoms with Crippen molar-refractivity contribution in [1.29, 1.82) is 0 Å². The highest BCUT2D eigenvalue weighted by Crippen LogP contribution is 2.27. The van der Waals surface area contributed by atoms with Gasteiger partial charge in [-0.25, -0.2) is 18.4 Å². The summed E-state index contributed by atoms with van der Waals surface area (Å²) in [6.07, 6.45) is 3.43. The lowest BCUT2D eigenvalue weighted by Gasteiger charge is -2.08. The molecule has 0 saturated carbocycles. The van der Waals surface area contributed by atoms with Crippen molar-refractivity contribution in [1.82, 2.24) is 14.5 Å². The Kier molecular flexibility index (Phi) is 5.15. The molecule has 0 unspecified atom stereocenters. The minimum absolute atomic E-state index is 0.145. The number of thiophene rings is 1. The molecular weight excluding hydrogens is 394 g/mol. The molecular formula is C20H19N3O3S2. The molecule has 0 fully saturated rings. The molecule has 1 aromatic carbocycles.